The second-order valence-corrected chi connectivity index (χ2v) is 7.29. The molecule has 1 atom stereocenters. The number of aryl methyl sites for hydroxylation is 1. The highest BCUT2D eigenvalue weighted by molar-refractivity contribution is 5.96. The van der Waals surface area contributed by atoms with Crippen LogP contribution in [0.3, 0.4) is 0 Å². The zero-order valence-electron chi connectivity index (χ0n) is 16.2. The number of hydrogen-bond donors (Lipinski definition) is 2. The number of hydrogen-bond acceptors (Lipinski definition) is 4. The Labute approximate surface area is 163 Å². The van der Waals surface area contributed by atoms with E-state index in [1.54, 1.807) is 6.92 Å². The zero-order valence-corrected chi connectivity index (χ0v) is 16.2. The summed E-state index contributed by atoms with van der Waals surface area (Å²) in [6, 6.07) is 13.8. The maximum absolute atomic E-state index is 12.6. The Morgan fingerprint density at radius 2 is 1.86 bits per heavy atom. The van der Waals surface area contributed by atoms with Gasteiger partial charge in [0.05, 0.1) is 11.6 Å². The highest BCUT2D eigenvalue weighted by Crippen LogP contribution is 2.22. The summed E-state index contributed by atoms with van der Waals surface area (Å²) >= 11 is 0. The number of carbonyl (C=O) groups is 2. The molecule has 0 fully saturated rings. The second kappa shape index (κ2) is 8.25. The molecule has 0 radical (unpaired) electrons. The summed E-state index contributed by atoms with van der Waals surface area (Å²) in [5, 5.41) is 18.4. The van der Waals surface area contributed by atoms with Crippen LogP contribution < -0.4 is 5.32 Å². The lowest BCUT2D eigenvalue weighted by molar-refractivity contribution is -0.141. The Kier molecular flexibility index (Phi) is 5.78. The van der Waals surface area contributed by atoms with Crippen molar-refractivity contribution in [1.29, 1.82) is 0 Å². The first-order valence-corrected chi connectivity index (χ1v) is 9.31. The average molecular weight is 380 g/mol. The van der Waals surface area contributed by atoms with Gasteiger partial charge in [-0.15, -0.1) is 0 Å². The maximum Gasteiger partial charge on any atom is 0.308 e. The van der Waals surface area contributed by atoms with E-state index in [0.717, 1.165) is 16.3 Å². The van der Waals surface area contributed by atoms with Crippen LogP contribution in [0.2, 0.25) is 0 Å². The molecule has 6 heteroatoms. The number of fused-ring (bicyclic) bond motifs is 1. The summed E-state index contributed by atoms with van der Waals surface area (Å²) in [4.78, 5) is 24.3. The molecule has 1 aromatic heterocycles. The van der Waals surface area contributed by atoms with Crippen LogP contribution >= 0.6 is 0 Å². The highest BCUT2D eigenvalue weighted by Gasteiger charge is 2.25. The molecule has 2 N–H and O–H groups in total. The lowest BCUT2D eigenvalue weighted by Crippen LogP contribution is -2.34. The van der Waals surface area contributed by atoms with E-state index in [-0.39, 0.29) is 18.4 Å². The fraction of sp³-hybridized carbons (Fsp3) is 0.318. The van der Waals surface area contributed by atoms with Crippen molar-refractivity contribution in [1.82, 2.24) is 10.5 Å². The Balaban J connectivity index is 1.72. The highest BCUT2D eigenvalue weighted by atomic mass is 16.5. The lowest BCUT2D eigenvalue weighted by Gasteiger charge is -2.14. The smallest absolute Gasteiger partial charge is 0.308 e. The van der Waals surface area contributed by atoms with Crippen LogP contribution in [0.25, 0.3) is 10.8 Å². The summed E-state index contributed by atoms with van der Waals surface area (Å²) in [7, 11) is 0. The molecule has 0 aliphatic heterocycles. The number of rotatable bonds is 7. The number of carboxylic acids is 1. The number of benzene rings is 2. The van der Waals surface area contributed by atoms with Crippen molar-refractivity contribution in [2.75, 3.05) is 6.54 Å². The number of nitrogens with zero attached hydrogens (tertiary/aromatic N) is 1. The molecule has 0 bridgehead atoms. The average Bonchev–Trinajstić information content (AvgIpc) is 3.06. The van der Waals surface area contributed by atoms with Crippen molar-refractivity contribution in [3.63, 3.8) is 0 Å². The molecule has 0 aliphatic rings. The van der Waals surface area contributed by atoms with E-state index in [0.29, 0.717) is 23.4 Å². The van der Waals surface area contributed by atoms with Crippen LogP contribution in [0, 0.1) is 12.8 Å². The van der Waals surface area contributed by atoms with Crippen LogP contribution in [-0.2, 0) is 11.2 Å². The number of aromatic nitrogens is 1. The molecule has 6 nitrogen and oxygen atoms in total. The topological polar surface area (TPSA) is 92.4 Å². The summed E-state index contributed by atoms with van der Waals surface area (Å²) in [5.41, 5.74) is 1.82. The molecule has 3 aromatic rings. The van der Waals surface area contributed by atoms with Crippen LogP contribution in [0.1, 0.15) is 47.1 Å². The van der Waals surface area contributed by atoms with Crippen molar-refractivity contribution in [2.24, 2.45) is 5.92 Å². The zero-order chi connectivity index (χ0) is 20.3. The van der Waals surface area contributed by atoms with E-state index in [9.17, 15) is 14.7 Å². The maximum atomic E-state index is 12.6. The van der Waals surface area contributed by atoms with E-state index >= 15 is 0 Å². The van der Waals surface area contributed by atoms with Gasteiger partial charge in [-0.25, -0.2) is 0 Å². The standard InChI is InChI=1S/C22H24N2O4/c1-13(2)20-19(14(3)24-28-20)21(25)23-12-18(22(26)27)11-15-8-9-16-6-4-5-7-17(16)10-15/h4-10,13,18H,11-12H2,1-3H3,(H,23,25)(H,26,27). The van der Waals surface area contributed by atoms with Gasteiger partial charge >= 0.3 is 5.97 Å². The molecule has 0 saturated carbocycles. The number of nitrogens with one attached hydrogen (secondary N) is 1. The number of carboxylic acid groups (broad SMARTS) is 1. The molecule has 1 amide bonds. The van der Waals surface area contributed by atoms with Crippen molar-refractivity contribution in [2.45, 2.75) is 33.1 Å². The Morgan fingerprint density at radius 1 is 1.14 bits per heavy atom. The molecule has 1 unspecified atom stereocenters. The Hall–Kier alpha value is -3.15. The Bertz CT molecular complexity index is 1010. The second-order valence-electron chi connectivity index (χ2n) is 7.29. The molecule has 28 heavy (non-hydrogen) atoms. The quantitative estimate of drug-likeness (QED) is 0.648. The lowest BCUT2D eigenvalue weighted by atomic mass is 9.97. The predicted octanol–water partition coefficient (Wildman–Crippen LogP) is 3.93. The first-order valence-electron chi connectivity index (χ1n) is 9.31. The summed E-state index contributed by atoms with van der Waals surface area (Å²) in [6.45, 7) is 5.56. The molecule has 0 spiro atoms. The van der Waals surface area contributed by atoms with E-state index in [4.69, 9.17) is 4.52 Å². The summed E-state index contributed by atoms with van der Waals surface area (Å²) < 4.78 is 5.24. The monoisotopic (exact) mass is 380 g/mol. The molecular formula is C22H24N2O4. The molecule has 146 valence electrons. The van der Waals surface area contributed by atoms with Gasteiger partial charge in [0, 0.05) is 12.5 Å². The van der Waals surface area contributed by atoms with Gasteiger partial charge in [0.15, 0.2) is 5.76 Å². The van der Waals surface area contributed by atoms with E-state index in [1.807, 2.05) is 56.3 Å². The van der Waals surface area contributed by atoms with E-state index in [2.05, 4.69) is 10.5 Å². The predicted molar refractivity (Wildman–Crippen MR) is 106 cm³/mol. The van der Waals surface area contributed by atoms with Crippen molar-refractivity contribution in [3.8, 4) is 0 Å². The summed E-state index contributed by atoms with van der Waals surface area (Å²) in [6.07, 6.45) is 0.333. The Morgan fingerprint density at radius 3 is 2.54 bits per heavy atom. The van der Waals surface area contributed by atoms with E-state index < -0.39 is 11.9 Å². The largest absolute Gasteiger partial charge is 0.481 e. The third-order valence-electron chi connectivity index (χ3n) is 4.79. The van der Waals surface area contributed by atoms with Crippen molar-refractivity contribution in [3.05, 3.63) is 65.0 Å². The first-order chi connectivity index (χ1) is 13.4. The number of amides is 1. The van der Waals surface area contributed by atoms with E-state index in [1.165, 1.54) is 0 Å². The van der Waals surface area contributed by atoms with Crippen LogP contribution in [0.15, 0.2) is 47.0 Å². The minimum atomic E-state index is -0.945. The van der Waals surface area contributed by atoms with Gasteiger partial charge in [-0.2, -0.15) is 0 Å². The van der Waals surface area contributed by atoms with Gasteiger partial charge < -0.3 is 14.9 Å². The first kappa shape index (κ1) is 19.6. The fourth-order valence-corrected chi connectivity index (χ4v) is 3.26. The minimum Gasteiger partial charge on any atom is -0.481 e. The van der Waals surface area contributed by atoms with Crippen molar-refractivity contribution >= 4 is 22.6 Å². The molecular weight excluding hydrogens is 356 g/mol. The van der Waals surface area contributed by atoms with Crippen LogP contribution in [0.5, 0.6) is 0 Å². The van der Waals surface area contributed by atoms with Gasteiger partial charge in [-0.05, 0) is 29.7 Å². The fourth-order valence-electron chi connectivity index (χ4n) is 3.26. The third kappa shape index (κ3) is 4.22. The molecule has 3 rings (SSSR count). The summed E-state index contributed by atoms with van der Waals surface area (Å²) in [5.74, 6) is -1.51. The van der Waals surface area contributed by atoms with Gasteiger partial charge in [-0.1, -0.05) is 61.5 Å². The van der Waals surface area contributed by atoms with Crippen LogP contribution in [-0.4, -0.2) is 28.7 Å². The number of aliphatic carboxylic acids is 1. The van der Waals surface area contributed by atoms with Gasteiger partial charge in [0.1, 0.15) is 5.56 Å². The third-order valence-corrected chi connectivity index (χ3v) is 4.79. The SMILES string of the molecule is Cc1noc(C(C)C)c1C(=O)NCC(Cc1ccc2ccccc2c1)C(=O)O. The molecule has 1 heterocycles. The molecule has 2 aromatic carbocycles. The van der Waals surface area contributed by atoms with Gasteiger partial charge in [-0.3, -0.25) is 9.59 Å². The molecule has 0 aliphatic carbocycles. The normalized spacial score (nSPS) is 12.3. The van der Waals surface area contributed by atoms with Crippen molar-refractivity contribution < 1.29 is 19.2 Å². The van der Waals surface area contributed by atoms with Crippen LogP contribution in [0.4, 0.5) is 0 Å². The van der Waals surface area contributed by atoms with Gasteiger partial charge in [0.25, 0.3) is 5.91 Å². The number of carbonyl (C=O) groups excluding carboxylic acids is 1. The minimum absolute atomic E-state index is 0.00909. The van der Waals surface area contributed by atoms with Gasteiger partial charge in [0.2, 0.25) is 0 Å². The molecule has 0 saturated heterocycles.